The van der Waals surface area contributed by atoms with Crippen LogP contribution in [0.4, 0.5) is 10.1 Å². The number of sulfone groups is 1. The first-order valence-corrected chi connectivity index (χ1v) is 7.96. The van der Waals surface area contributed by atoms with Crippen molar-refractivity contribution in [1.29, 1.82) is 0 Å². The number of amides is 1. The van der Waals surface area contributed by atoms with Gasteiger partial charge in [-0.2, -0.15) is 0 Å². The molecular weight excluding hydrogens is 301 g/mol. The van der Waals surface area contributed by atoms with Crippen molar-refractivity contribution in [3.05, 3.63) is 29.6 Å². The number of anilines is 1. The van der Waals surface area contributed by atoms with E-state index >= 15 is 0 Å². The minimum Gasteiger partial charge on any atom is -0.478 e. The Balaban J connectivity index is 2.78. The largest absolute Gasteiger partial charge is 0.478 e. The van der Waals surface area contributed by atoms with Gasteiger partial charge in [0.2, 0.25) is 5.91 Å². The fourth-order valence-corrected chi connectivity index (χ4v) is 3.31. The zero-order valence-corrected chi connectivity index (χ0v) is 12.4. The molecule has 0 saturated carbocycles. The molecule has 0 fully saturated rings. The summed E-state index contributed by atoms with van der Waals surface area (Å²) in [6.45, 7) is 3.42. The molecule has 1 aromatic rings. The Morgan fingerprint density at radius 2 is 1.95 bits per heavy atom. The Labute approximate surface area is 121 Å². The van der Waals surface area contributed by atoms with Crippen LogP contribution >= 0.6 is 0 Å². The fraction of sp³-hybridized carbons (Fsp3) is 0.385. The van der Waals surface area contributed by atoms with Gasteiger partial charge < -0.3 is 10.4 Å². The average molecular weight is 317 g/mol. The molecule has 0 saturated heterocycles. The zero-order valence-electron chi connectivity index (χ0n) is 11.6. The summed E-state index contributed by atoms with van der Waals surface area (Å²) >= 11 is 0. The number of carbonyl (C=O) groups excluding carboxylic acids is 1. The van der Waals surface area contributed by atoms with Gasteiger partial charge in [0.1, 0.15) is 11.6 Å². The molecule has 8 heteroatoms. The highest BCUT2D eigenvalue weighted by atomic mass is 32.2. The summed E-state index contributed by atoms with van der Waals surface area (Å²) in [6, 6.07) is 2.94. The number of benzene rings is 1. The molecule has 0 aliphatic rings. The number of hydrogen-bond acceptors (Lipinski definition) is 4. The van der Waals surface area contributed by atoms with E-state index in [1.807, 2.05) is 0 Å². The lowest BCUT2D eigenvalue weighted by molar-refractivity contribution is -0.113. The maximum Gasteiger partial charge on any atom is 0.335 e. The Hall–Kier alpha value is -1.96. The van der Waals surface area contributed by atoms with Crippen molar-refractivity contribution in [2.75, 3.05) is 16.8 Å². The number of nitrogens with one attached hydrogen (secondary N) is 1. The molecule has 21 heavy (non-hydrogen) atoms. The second kappa shape index (κ2) is 6.66. The molecule has 2 N–H and O–H groups in total. The lowest BCUT2D eigenvalue weighted by Crippen LogP contribution is -2.26. The molecule has 116 valence electrons. The van der Waals surface area contributed by atoms with Gasteiger partial charge in [-0.05, 0) is 24.1 Å². The van der Waals surface area contributed by atoms with Gasteiger partial charge in [-0.3, -0.25) is 4.79 Å². The van der Waals surface area contributed by atoms with Gasteiger partial charge in [0.25, 0.3) is 0 Å². The van der Waals surface area contributed by atoms with E-state index in [9.17, 15) is 22.4 Å². The number of carboxylic acid groups (broad SMARTS) is 1. The molecule has 0 atom stereocenters. The van der Waals surface area contributed by atoms with Crippen LogP contribution in [0.25, 0.3) is 0 Å². The third-order valence-corrected chi connectivity index (χ3v) is 4.30. The van der Waals surface area contributed by atoms with Crippen LogP contribution in [0.3, 0.4) is 0 Å². The first-order chi connectivity index (χ1) is 9.60. The summed E-state index contributed by atoms with van der Waals surface area (Å²) in [7, 11) is -3.56. The van der Waals surface area contributed by atoms with Crippen LogP contribution in [0.5, 0.6) is 0 Å². The summed E-state index contributed by atoms with van der Waals surface area (Å²) in [5, 5.41) is 10.8. The fourth-order valence-electron chi connectivity index (χ4n) is 1.70. The van der Waals surface area contributed by atoms with Crippen molar-refractivity contribution in [3.8, 4) is 0 Å². The highest BCUT2D eigenvalue weighted by Gasteiger charge is 2.19. The Kier molecular flexibility index (Phi) is 5.42. The molecule has 0 aromatic heterocycles. The predicted octanol–water partition coefficient (Wildman–Crippen LogP) is 1.53. The van der Waals surface area contributed by atoms with E-state index in [4.69, 9.17) is 5.11 Å². The monoisotopic (exact) mass is 317 g/mol. The second-order valence-corrected chi connectivity index (χ2v) is 7.11. The molecule has 0 heterocycles. The van der Waals surface area contributed by atoms with E-state index in [0.29, 0.717) is 0 Å². The number of rotatable bonds is 6. The quantitative estimate of drug-likeness (QED) is 0.828. The maximum atomic E-state index is 13.6. The van der Waals surface area contributed by atoms with E-state index in [1.54, 1.807) is 13.8 Å². The van der Waals surface area contributed by atoms with Crippen molar-refractivity contribution < 1.29 is 27.5 Å². The molecule has 0 aliphatic heterocycles. The first kappa shape index (κ1) is 17.1. The highest BCUT2D eigenvalue weighted by Crippen LogP contribution is 2.16. The van der Waals surface area contributed by atoms with E-state index in [1.165, 1.54) is 0 Å². The third kappa shape index (κ3) is 5.50. The third-order valence-electron chi connectivity index (χ3n) is 2.43. The van der Waals surface area contributed by atoms with Crippen molar-refractivity contribution in [2.24, 2.45) is 5.92 Å². The van der Waals surface area contributed by atoms with Gasteiger partial charge in [-0.15, -0.1) is 0 Å². The van der Waals surface area contributed by atoms with Crippen LogP contribution in [0.2, 0.25) is 0 Å². The Morgan fingerprint density at radius 1 is 1.33 bits per heavy atom. The Bertz CT molecular complexity index is 655. The number of halogens is 1. The van der Waals surface area contributed by atoms with Gasteiger partial charge in [0, 0.05) is 0 Å². The van der Waals surface area contributed by atoms with Crippen molar-refractivity contribution in [2.45, 2.75) is 13.8 Å². The number of aromatic carboxylic acids is 1. The van der Waals surface area contributed by atoms with E-state index in [0.717, 1.165) is 18.2 Å². The number of hydrogen-bond donors (Lipinski definition) is 2. The minimum absolute atomic E-state index is 0.116. The standard InChI is InChI=1S/C13H16FNO5S/c1-8(2)6-21(19,20)7-12(16)15-11-4-3-9(13(17)18)5-10(11)14/h3-5,8H,6-7H2,1-2H3,(H,15,16)(H,17,18). The maximum absolute atomic E-state index is 13.6. The van der Waals surface area contributed by atoms with Crippen LogP contribution in [-0.2, 0) is 14.6 Å². The second-order valence-electron chi connectivity index (χ2n) is 5.00. The van der Waals surface area contributed by atoms with Gasteiger partial charge in [0.15, 0.2) is 9.84 Å². The smallest absolute Gasteiger partial charge is 0.335 e. The molecule has 0 aliphatic carbocycles. The summed E-state index contributed by atoms with van der Waals surface area (Å²) in [5.74, 6) is -4.10. The minimum atomic E-state index is -3.56. The molecular formula is C13H16FNO5S. The van der Waals surface area contributed by atoms with Gasteiger partial charge >= 0.3 is 5.97 Å². The van der Waals surface area contributed by atoms with Crippen LogP contribution < -0.4 is 5.32 Å². The van der Waals surface area contributed by atoms with Crippen molar-refractivity contribution >= 4 is 27.4 Å². The summed E-state index contributed by atoms with van der Waals surface area (Å²) in [4.78, 5) is 22.3. The molecule has 1 amide bonds. The SMILES string of the molecule is CC(C)CS(=O)(=O)CC(=O)Nc1ccc(C(=O)O)cc1F. The first-order valence-electron chi connectivity index (χ1n) is 6.14. The van der Waals surface area contributed by atoms with Crippen LogP contribution in [0.15, 0.2) is 18.2 Å². The molecule has 0 radical (unpaired) electrons. The van der Waals surface area contributed by atoms with E-state index in [-0.39, 0.29) is 22.9 Å². The lowest BCUT2D eigenvalue weighted by Gasteiger charge is -2.09. The highest BCUT2D eigenvalue weighted by molar-refractivity contribution is 7.92. The van der Waals surface area contributed by atoms with Crippen molar-refractivity contribution in [3.63, 3.8) is 0 Å². The molecule has 0 unspecified atom stereocenters. The molecule has 1 aromatic carbocycles. The molecule has 1 rings (SSSR count). The lowest BCUT2D eigenvalue weighted by atomic mass is 10.2. The average Bonchev–Trinajstić information content (AvgIpc) is 2.28. The molecule has 0 bridgehead atoms. The van der Waals surface area contributed by atoms with Gasteiger partial charge in [0.05, 0.1) is 17.0 Å². The van der Waals surface area contributed by atoms with E-state index < -0.39 is 33.3 Å². The Morgan fingerprint density at radius 3 is 2.43 bits per heavy atom. The van der Waals surface area contributed by atoms with Crippen LogP contribution in [0.1, 0.15) is 24.2 Å². The van der Waals surface area contributed by atoms with Gasteiger partial charge in [-0.25, -0.2) is 17.6 Å². The number of carboxylic acids is 1. The topological polar surface area (TPSA) is 101 Å². The predicted molar refractivity (Wildman–Crippen MR) is 75.5 cm³/mol. The summed E-state index contributed by atoms with van der Waals surface area (Å²) in [6.07, 6.45) is 0. The van der Waals surface area contributed by atoms with E-state index in [2.05, 4.69) is 5.32 Å². The molecule has 6 nitrogen and oxygen atoms in total. The van der Waals surface area contributed by atoms with Gasteiger partial charge in [-0.1, -0.05) is 13.8 Å². The van der Waals surface area contributed by atoms with Crippen molar-refractivity contribution in [1.82, 2.24) is 0 Å². The van der Waals surface area contributed by atoms with Crippen LogP contribution in [-0.4, -0.2) is 36.9 Å². The zero-order chi connectivity index (χ0) is 16.2. The number of carbonyl (C=O) groups is 2. The molecule has 0 spiro atoms. The normalized spacial score (nSPS) is 11.4. The van der Waals surface area contributed by atoms with Crippen LogP contribution in [0, 0.1) is 11.7 Å². The summed E-state index contributed by atoms with van der Waals surface area (Å²) < 4.78 is 36.9. The summed E-state index contributed by atoms with van der Waals surface area (Å²) in [5.41, 5.74) is -0.525.